The molecule has 2 atom stereocenters. The normalized spacial score (nSPS) is 27.8. The topological polar surface area (TPSA) is 41.6 Å². The van der Waals surface area contributed by atoms with Gasteiger partial charge in [-0.25, -0.2) is 4.39 Å². The molecule has 0 aliphatic carbocycles. The third-order valence-electron chi connectivity index (χ3n) is 4.74. The van der Waals surface area contributed by atoms with Gasteiger partial charge in [-0.2, -0.15) is 0 Å². The molecule has 23 heavy (non-hydrogen) atoms. The lowest BCUT2D eigenvalue weighted by atomic mass is 9.94. The minimum absolute atomic E-state index is 0.0157. The Hall–Kier alpha value is -1.72. The van der Waals surface area contributed by atoms with Crippen molar-refractivity contribution in [1.82, 2.24) is 10.2 Å². The molecule has 3 saturated heterocycles. The second-order valence-corrected chi connectivity index (χ2v) is 6.16. The molecule has 3 aliphatic rings. The Kier molecular flexibility index (Phi) is 4.50. The van der Waals surface area contributed by atoms with Crippen molar-refractivity contribution < 1.29 is 13.9 Å². The summed E-state index contributed by atoms with van der Waals surface area (Å²) in [4.78, 5) is 14.3. The van der Waals surface area contributed by atoms with E-state index in [9.17, 15) is 9.18 Å². The van der Waals surface area contributed by atoms with E-state index in [1.54, 1.807) is 17.0 Å². The minimum Gasteiger partial charge on any atom is -0.339 e. The Morgan fingerprint density at radius 3 is 2.52 bits per heavy atom. The van der Waals surface area contributed by atoms with Crippen LogP contribution in [0, 0.1) is 5.82 Å². The van der Waals surface area contributed by atoms with Gasteiger partial charge in [0, 0.05) is 18.7 Å². The number of amides is 1. The fourth-order valence-corrected chi connectivity index (χ4v) is 3.35. The fraction of sp³-hybridized carbons (Fsp3) is 0.500. The first kappa shape index (κ1) is 16.1. The highest BCUT2D eigenvalue weighted by molar-refractivity contribution is 5.89. The van der Waals surface area contributed by atoms with Crippen LogP contribution in [0.1, 0.15) is 38.3 Å². The third-order valence-corrected chi connectivity index (χ3v) is 4.74. The van der Waals surface area contributed by atoms with Crippen LogP contribution in [0.15, 0.2) is 36.4 Å². The van der Waals surface area contributed by atoms with E-state index in [4.69, 9.17) is 4.74 Å². The monoisotopic (exact) mass is 318 g/mol. The van der Waals surface area contributed by atoms with E-state index in [1.807, 2.05) is 32.1 Å². The van der Waals surface area contributed by atoms with Gasteiger partial charge < -0.3 is 15.0 Å². The van der Waals surface area contributed by atoms with Crippen LogP contribution in [-0.4, -0.2) is 35.7 Å². The second kappa shape index (κ2) is 6.42. The maximum atomic E-state index is 13.9. The van der Waals surface area contributed by atoms with E-state index in [-0.39, 0.29) is 24.0 Å². The molecule has 0 aromatic heterocycles. The lowest BCUT2D eigenvalue weighted by Crippen LogP contribution is -2.64. The van der Waals surface area contributed by atoms with Gasteiger partial charge in [0.15, 0.2) is 5.60 Å². The highest BCUT2D eigenvalue weighted by Gasteiger charge is 2.60. The summed E-state index contributed by atoms with van der Waals surface area (Å²) in [5.41, 5.74) is -0.0690. The highest BCUT2D eigenvalue weighted by Crippen LogP contribution is 2.45. The van der Waals surface area contributed by atoms with E-state index in [2.05, 4.69) is 5.32 Å². The molecule has 0 radical (unpaired) electrons. The van der Waals surface area contributed by atoms with Gasteiger partial charge in [0.2, 0.25) is 0 Å². The largest absolute Gasteiger partial charge is 0.339 e. The lowest BCUT2D eigenvalue weighted by Gasteiger charge is -2.36. The molecule has 0 bridgehead atoms. The van der Waals surface area contributed by atoms with Crippen LogP contribution in [0.4, 0.5) is 4.39 Å². The van der Waals surface area contributed by atoms with Crippen molar-refractivity contribution in [2.75, 3.05) is 13.1 Å². The van der Waals surface area contributed by atoms with Crippen LogP contribution in [0.2, 0.25) is 0 Å². The Bertz CT molecular complexity index is 609. The van der Waals surface area contributed by atoms with Crippen LogP contribution in [0.5, 0.6) is 0 Å². The molecule has 4 nitrogen and oxygen atoms in total. The number of allylic oxidation sites excluding steroid dienone is 2. The van der Waals surface area contributed by atoms with Crippen LogP contribution in [0.25, 0.3) is 0 Å². The van der Waals surface area contributed by atoms with Gasteiger partial charge in [-0.05, 0) is 32.8 Å². The second-order valence-electron chi connectivity index (χ2n) is 6.16. The molecule has 1 aromatic carbocycles. The average molecular weight is 318 g/mol. The Morgan fingerprint density at radius 1 is 1.26 bits per heavy atom. The highest BCUT2D eigenvalue weighted by atomic mass is 19.1. The number of hydrogen-bond acceptors (Lipinski definition) is 3. The van der Waals surface area contributed by atoms with Crippen molar-refractivity contribution >= 4 is 5.91 Å². The number of benzene rings is 1. The Balaban J connectivity index is 0.000000354. The molecule has 3 aliphatic heterocycles. The molecule has 2 unspecified atom stereocenters. The molecule has 0 saturated carbocycles. The first-order valence-electron chi connectivity index (χ1n) is 8.16. The lowest BCUT2D eigenvalue weighted by molar-refractivity contribution is -0.143. The number of hydrogen-bond donors (Lipinski definition) is 1. The number of carbonyl (C=O) groups excluding carboxylic acids is 1. The van der Waals surface area contributed by atoms with E-state index < -0.39 is 5.60 Å². The summed E-state index contributed by atoms with van der Waals surface area (Å²) < 4.78 is 19.8. The zero-order valence-electron chi connectivity index (χ0n) is 13.6. The first-order valence-corrected chi connectivity index (χ1v) is 8.16. The number of fused-ring (bicyclic) bond motifs is 1. The van der Waals surface area contributed by atoms with Crippen LogP contribution < -0.4 is 5.32 Å². The van der Waals surface area contributed by atoms with Crippen LogP contribution in [-0.2, 0) is 9.53 Å². The van der Waals surface area contributed by atoms with Gasteiger partial charge in [0.25, 0.3) is 5.91 Å². The van der Waals surface area contributed by atoms with Gasteiger partial charge >= 0.3 is 0 Å². The summed E-state index contributed by atoms with van der Waals surface area (Å²) in [6.45, 7) is 5.14. The predicted molar refractivity (Wildman–Crippen MR) is 86.2 cm³/mol. The molecule has 1 aromatic rings. The van der Waals surface area contributed by atoms with E-state index >= 15 is 0 Å². The summed E-state index contributed by atoms with van der Waals surface area (Å²) >= 11 is 0. The third kappa shape index (κ3) is 2.68. The number of nitrogens with one attached hydrogen (secondary N) is 1. The van der Waals surface area contributed by atoms with Crippen molar-refractivity contribution in [1.29, 1.82) is 0 Å². The number of nitrogens with zero attached hydrogens (tertiary/aromatic N) is 1. The number of halogens is 1. The van der Waals surface area contributed by atoms with Gasteiger partial charge in [0.1, 0.15) is 12.0 Å². The molecule has 1 N–H and O–H groups in total. The smallest absolute Gasteiger partial charge is 0.260 e. The molecular formula is C18H23FN2O2. The summed E-state index contributed by atoms with van der Waals surface area (Å²) in [6, 6.07) is 6.52. The summed E-state index contributed by atoms with van der Waals surface area (Å²) in [5.74, 6) is -0.226. The average Bonchev–Trinajstić information content (AvgIpc) is 3.06. The quantitative estimate of drug-likeness (QED) is 0.810. The number of ether oxygens (including phenoxy) is 1. The molecule has 124 valence electrons. The van der Waals surface area contributed by atoms with Crippen LogP contribution >= 0.6 is 0 Å². The van der Waals surface area contributed by atoms with Gasteiger partial charge in [-0.1, -0.05) is 30.4 Å². The zero-order valence-corrected chi connectivity index (χ0v) is 13.6. The van der Waals surface area contributed by atoms with E-state index in [1.165, 1.54) is 6.07 Å². The Morgan fingerprint density at radius 2 is 1.96 bits per heavy atom. The SMILES string of the molecule is CC=CC.O=C1N2C(CCC2c2ccccc2F)OC12CNC2. The molecule has 1 amide bonds. The minimum atomic E-state index is -0.672. The van der Waals surface area contributed by atoms with Crippen molar-refractivity contribution in [2.45, 2.75) is 44.6 Å². The standard InChI is InChI=1S/C14H15FN2O2.C4H8/c15-10-4-2-1-3-9(10)11-5-6-12-17(11)13(18)14(19-12)7-16-8-14;1-3-4-2/h1-4,11-12,16H,5-8H2;3-4H,1-2H3. The number of rotatable bonds is 1. The summed E-state index contributed by atoms with van der Waals surface area (Å²) in [7, 11) is 0. The maximum Gasteiger partial charge on any atom is 0.260 e. The maximum absolute atomic E-state index is 13.9. The zero-order chi connectivity index (χ0) is 16.4. The van der Waals surface area contributed by atoms with Crippen molar-refractivity contribution in [3.63, 3.8) is 0 Å². The van der Waals surface area contributed by atoms with Gasteiger partial charge in [0.05, 0.1) is 6.04 Å². The van der Waals surface area contributed by atoms with Gasteiger partial charge in [-0.15, -0.1) is 0 Å². The molecular weight excluding hydrogens is 295 g/mol. The van der Waals surface area contributed by atoms with E-state index in [0.29, 0.717) is 18.7 Å². The Labute approximate surface area is 136 Å². The predicted octanol–water partition coefficient (Wildman–Crippen LogP) is 2.77. The molecule has 5 heteroatoms. The molecule has 3 heterocycles. The fourth-order valence-electron chi connectivity index (χ4n) is 3.35. The first-order chi connectivity index (χ1) is 11.1. The summed E-state index contributed by atoms with van der Waals surface area (Å²) in [6.07, 6.45) is 5.37. The molecule has 1 spiro atoms. The van der Waals surface area contributed by atoms with Crippen LogP contribution in [0.3, 0.4) is 0 Å². The van der Waals surface area contributed by atoms with E-state index in [0.717, 1.165) is 12.8 Å². The van der Waals surface area contributed by atoms with Crippen molar-refractivity contribution in [2.24, 2.45) is 0 Å². The summed E-state index contributed by atoms with van der Waals surface area (Å²) in [5, 5.41) is 3.08. The number of carbonyl (C=O) groups is 1. The van der Waals surface area contributed by atoms with Crippen molar-refractivity contribution in [3.8, 4) is 0 Å². The van der Waals surface area contributed by atoms with Gasteiger partial charge in [-0.3, -0.25) is 4.79 Å². The molecule has 3 fully saturated rings. The molecule has 4 rings (SSSR count). The van der Waals surface area contributed by atoms with Crippen molar-refractivity contribution in [3.05, 3.63) is 47.8 Å².